The van der Waals surface area contributed by atoms with Gasteiger partial charge in [-0.3, -0.25) is 4.79 Å². The van der Waals surface area contributed by atoms with Gasteiger partial charge in [-0.25, -0.2) is 19.2 Å². The van der Waals surface area contributed by atoms with E-state index in [0.29, 0.717) is 19.5 Å². The molecule has 0 bridgehead atoms. The molecule has 9 heteroatoms. The van der Waals surface area contributed by atoms with Crippen LogP contribution in [0.25, 0.3) is 5.65 Å². The highest BCUT2D eigenvalue weighted by Crippen LogP contribution is 2.29. The summed E-state index contributed by atoms with van der Waals surface area (Å²) in [6.45, 7) is 3.98. The van der Waals surface area contributed by atoms with Crippen molar-refractivity contribution in [1.29, 1.82) is 0 Å². The molecule has 0 spiro atoms. The fourth-order valence-electron chi connectivity index (χ4n) is 4.38. The molecule has 0 unspecified atom stereocenters. The van der Waals surface area contributed by atoms with E-state index in [2.05, 4.69) is 15.1 Å². The van der Waals surface area contributed by atoms with Crippen LogP contribution in [-0.4, -0.2) is 60.4 Å². The highest BCUT2D eigenvalue weighted by Gasteiger charge is 2.29. The molecular formula is C23H25N7O2. The van der Waals surface area contributed by atoms with Gasteiger partial charge in [-0.2, -0.15) is 10.2 Å². The van der Waals surface area contributed by atoms with Crippen molar-refractivity contribution in [3.63, 3.8) is 0 Å². The standard InChI is InChI=1S/C23H25N7O2/c1-16-20(13-29-15-24-14-26-29)23-25-8-6-21(30(23)27-16)18-7-9-28(12-18)22(31)11-17-4-3-5-19(10-17)32-2/h3-6,8,10,14-15,18H,7,9,11-13H2,1-2H3/t18-/m1/s1. The molecule has 0 saturated carbocycles. The Kier molecular flexibility index (Phi) is 5.30. The average molecular weight is 432 g/mol. The molecule has 3 aromatic heterocycles. The molecule has 5 rings (SSSR count). The number of likely N-dealkylation sites (tertiary alicyclic amines) is 1. The van der Waals surface area contributed by atoms with Gasteiger partial charge in [-0.05, 0) is 37.1 Å². The Morgan fingerprint density at radius 2 is 2.19 bits per heavy atom. The van der Waals surface area contributed by atoms with Crippen LogP contribution in [0, 0.1) is 6.92 Å². The number of fused-ring (bicyclic) bond motifs is 1. The second kappa shape index (κ2) is 8.41. The Labute approximate surface area is 185 Å². The van der Waals surface area contributed by atoms with E-state index in [1.165, 1.54) is 6.33 Å². The smallest absolute Gasteiger partial charge is 0.227 e. The van der Waals surface area contributed by atoms with Crippen molar-refractivity contribution in [1.82, 2.24) is 34.3 Å². The first-order valence-corrected chi connectivity index (χ1v) is 10.7. The molecule has 1 aromatic carbocycles. The van der Waals surface area contributed by atoms with Crippen LogP contribution in [0.3, 0.4) is 0 Å². The lowest BCUT2D eigenvalue weighted by atomic mass is 10.0. The molecular weight excluding hydrogens is 406 g/mol. The minimum Gasteiger partial charge on any atom is -0.497 e. The van der Waals surface area contributed by atoms with Gasteiger partial charge in [0.2, 0.25) is 5.91 Å². The maximum atomic E-state index is 12.9. The van der Waals surface area contributed by atoms with Crippen LogP contribution in [0.15, 0.2) is 49.2 Å². The Balaban J connectivity index is 1.34. The lowest BCUT2D eigenvalue weighted by molar-refractivity contribution is -0.129. The van der Waals surface area contributed by atoms with E-state index >= 15 is 0 Å². The van der Waals surface area contributed by atoms with Crippen LogP contribution in [0.1, 0.15) is 34.9 Å². The number of aryl methyl sites for hydroxylation is 1. The van der Waals surface area contributed by atoms with Gasteiger partial charge in [0.05, 0.1) is 31.5 Å². The predicted molar refractivity (Wildman–Crippen MR) is 117 cm³/mol. The van der Waals surface area contributed by atoms with Crippen molar-refractivity contribution >= 4 is 11.6 Å². The summed E-state index contributed by atoms with van der Waals surface area (Å²) in [5.41, 5.74) is 4.83. The van der Waals surface area contributed by atoms with E-state index < -0.39 is 0 Å². The summed E-state index contributed by atoms with van der Waals surface area (Å²) in [4.78, 5) is 23.5. The predicted octanol–water partition coefficient (Wildman–Crippen LogP) is 2.24. The summed E-state index contributed by atoms with van der Waals surface area (Å²) < 4.78 is 8.98. The number of carbonyl (C=O) groups excluding carboxylic acids is 1. The van der Waals surface area contributed by atoms with Crippen molar-refractivity contribution in [3.05, 3.63) is 71.7 Å². The SMILES string of the molecule is COc1cccc(CC(=O)N2CC[C@@H](c3ccnc4c(Cn5cncn5)c(C)nn34)C2)c1. The minimum atomic E-state index is 0.134. The van der Waals surface area contributed by atoms with Gasteiger partial charge in [-0.1, -0.05) is 12.1 Å². The summed E-state index contributed by atoms with van der Waals surface area (Å²) in [6.07, 6.45) is 6.32. The van der Waals surface area contributed by atoms with Gasteiger partial charge in [-0.15, -0.1) is 0 Å². The van der Waals surface area contributed by atoms with E-state index in [-0.39, 0.29) is 11.8 Å². The monoisotopic (exact) mass is 431 g/mol. The molecule has 164 valence electrons. The number of benzene rings is 1. The van der Waals surface area contributed by atoms with Crippen LogP contribution in [0.5, 0.6) is 5.75 Å². The molecule has 1 amide bonds. The molecule has 0 aliphatic carbocycles. The zero-order valence-electron chi connectivity index (χ0n) is 18.2. The third kappa shape index (κ3) is 3.81. The average Bonchev–Trinajstić information content (AvgIpc) is 3.55. The Morgan fingerprint density at radius 1 is 1.28 bits per heavy atom. The van der Waals surface area contributed by atoms with Gasteiger partial charge >= 0.3 is 0 Å². The molecule has 0 radical (unpaired) electrons. The van der Waals surface area contributed by atoms with Crippen molar-refractivity contribution in [2.24, 2.45) is 0 Å². The maximum absolute atomic E-state index is 12.9. The summed E-state index contributed by atoms with van der Waals surface area (Å²) in [5.74, 6) is 1.12. The number of aromatic nitrogens is 6. The van der Waals surface area contributed by atoms with Crippen LogP contribution in [-0.2, 0) is 17.8 Å². The van der Waals surface area contributed by atoms with Gasteiger partial charge in [0.25, 0.3) is 0 Å². The highest BCUT2D eigenvalue weighted by molar-refractivity contribution is 5.79. The first-order chi connectivity index (χ1) is 15.6. The van der Waals surface area contributed by atoms with E-state index in [1.807, 2.05) is 52.9 Å². The maximum Gasteiger partial charge on any atom is 0.227 e. The molecule has 0 N–H and O–H groups in total. The number of methoxy groups -OCH3 is 1. The zero-order chi connectivity index (χ0) is 22.1. The molecule has 1 atom stereocenters. The number of rotatable bonds is 6. The normalized spacial score (nSPS) is 16.1. The number of nitrogens with zero attached hydrogens (tertiary/aromatic N) is 7. The highest BCUT2D eigenvalue weighted by atomic mass is 16.5. The lowest BCUT2D eigenvalue weighted by Crippen LogP contribution is -2.30. The number of ether oxygens (including phenoxy) is 1. The third-order valence-electron chi connectivity index (χ3n) is 6.08. The summed E-state index contributed by atoms with van der Waals surface area (Å²) in [7, 11) is 1.63. The number of hydrogen-bond acceptors (Lipinski definition) is 6. The third-order valence-corrected chi connectivity index (χ3v) is 6.08. The Morgan fingerprint density at radius 3 is 3.00 bits per heavy atom. The molecule has 32 heavy (non-hydrogen) atoms. The number of hydrogen-bond donors (Lipinski definition) is 0. The fourth-order valence-corrected chi connectivity index (χ4v) is 4.38. The summed E-state index contributed by atoms with van der Waals surface area (Å²) in [6, 6.07) is 9.70. The van der Waals surface area contributed by atoms with Gasteiger partial charge < -0.3 is 9.64 Å². The molecule has 4 aromatic rings. The Bertz CT molecular complexity index is 1250. The molecule has 1 aliphatic rings. The summed E-state index contributed by atoms with van der Waals surface area (Å²) >= 11 is 0. The Hall–Kier alpha value is -3.75. The van der Waals surface area contributed by atoms with E-state index in [4.69, 9.17) is 9.84 Å². The van der Waals surface area contributed by atoms with E-state index in [1.54, 1.807) is 18.1 Å². The van der Waals surface area contributed by atoms with Crippen molar-refractivity contribution < 1.29 is 9.53 Å². The van der Waals surface area contributed by atoms with Crippen molar-refractivity contribution in [2.75, 3.05) is 20.2 Å². The molecule has 1 fully saturated rings. The van der Waals surface area contributed by atoms with Crippen LogP contribution in [0.2, 0.25) is 0 Å². The quantitative estimate of drug-likeness (QED) is 0.465. The van der Waals surface area contributed by atoms with Crippen LogP contribution < -0.4 is 4.74 Å². The van der Waals surface area contributed by atoms with E-state index in [9.17, 15) is 4.79 Å². The summed E-state index contributed by atoms with van der Waals surface area (Å²) in [5, 5.41) is 8.97. The van der Waals surface area contributed by atoms with Crippen LogP contribution >= 0.6 is 0 Å². The second-order valence-corrected chi connectivity index (χ2v) is 8.12. The largest absolute Gasteiger partial charge is 0.497 e. The first-order valence-electron chi connectivity index (χ1n) is 10.7. The first kappa shape index (κ1) is 20.2. The van der Waals surface area contributed by atoms with Crippen molar-refractivity contribution in [2.45, 2.75) is 32.2 Å². The zero-order valence-corrected chi connectivity index (χ0v) is 18.2. The minimum absolute atomic E-state index is 0.134. The lowest BCUT2D eigenvalue weighted by Gasteiger charge is -2.17. The van der Waals surface area contributed by atoms with Gasteiger partial charge in [0, 0.05) is 30.8 Å². The topological polar surface area (TPSA) is 90.4 Å². The van der Waals surface area contributed by atoms with Crippen LogP contribution in [0.4, 0.5) is 0 Å². The number of carbonyl (C=O) groups is 1. The molecule has 1 saturated heterocycles. The van der Waals surface area contributed by atoms with Crippen molar-refractivity contribution in [3.8, 4) is 5.75 Å². The fraction of sp³-hybridized carbons (Fsp3) is 0.348. The second-order valence-electron chi connectivity index (χ2n) is 8.12. The molecule has 9 nitrogen and oxygen atoms in total. The molecule has 4 heterocycles. The number of amides is 1. The van der Waals surface area contributed by atoms with Gasteiger partial charge in [0.1, 0.15) is 18.4 Å². The molecule has 1 aliphatic heterocycles. The van der Waals surface area contributed by atoms with E-state index in [0.717, 1.165) is 46.9 Å². The van der Waals surface area contributed by atoms with Gasteiger partial charge in [0.15, 0.2) is 5.65 Å².